The number of methoxy groups -OCH3 is 1. The van der Waals surface area contributed by atoms with E-state index in [1.807, 2.05) is 49.4 Å². The van der Waals surface area contributed by atoms with Gasteiger partial charge in [0.15, 0.2) is 0 Å². The van der Waals surface area contributed by atoms with Crippen LogP contribution in [0.15, 0.2) is 85.0 Å². The fraction of sp³-hybridized carbons (Fsp3) is 0.429. The van der Waals surface area contributed by atoms with E-state index >= 15 is 0 Å². The van der Waals surface area contributed by atoms with Gasteiger partial charge in [-0.2, -0.15) is 0 Å². The van der Waals surface area contributed by atoms with E-state index in [-0.39, 0.29) is 37.1 Å². The summed E-state index contributed by atoms with van der Waals surface area (Å²) >= 11 is 0. The number of allylic oxidation sites excluding steroid dienone is 2. The summed E-state index contributed by atoms with van der Waals surface area (Å²) in [5, 5.41) is 17.2. The summed E-state index contributed by atoms with van der Waals surface area (Å²) in [7, 11) is 1.36. The molecule has 9 nitrogen and oxygen atoms in total. The van der Waals surface area contributed by atoms with Crippen molar-refractivity contribution >= 4 is 30.0 Å². The number of carbonyl (C=O) groups is 4. The maximum absolute atomic E-state index is 11.3. The Morgan fingerprint density at radius 2 is 1.55 bits per heavy atom. The number of carboxylic acid groups (broad SMARTS) is 1. The number of rotatable bonds is 18. The summed E-state index contributed by atoms with van der Waals surface area (Å²) in [4.78, 5) is 43.7. The zero-order valence-corrected chi connectivity index (χ0v) is 26.7. The van der Waals surface area contributed by atoms with Gasteiger partial charge in [0.05, 0.1) is 20.3 Å². The highest BCUT2D eigenvalue weighted by molar-refractivity contribution is 5.89. The highest BCUT2D eigenvalue weighted by Crippen LogP contribution is 2.16. The van der Waals surface area contributed by atoms with Crippen LogP contribution in [0.2, 0.25) is 0 Å². The normalized spacial score (nSPS) is 10.8. The van der Waals surface area contributed by atoms with Gasteiger partial charge in [-0.1, -0.05) is 101 Å². The molecule has 0 bridgehead atoms. The second-order valence-corrected chi connectivity index (χ2v) is 9.33. The fourth-order valence-corrected chi connectivity index (χ4v) is 3.17. The lowest BCUT2D eigenvalue weighted by Crippen LogP contribution is -2.15. The Bertz CT molecular complexity index is 1080. The van der Waals surface area contributed by atoms with Crippen LogP contribution in [0, 0.1) is 5.92 Å². The maximum Gasteiger partial charge on any atom is 0.333 e. The smallest absolute Gasteiger partial charge is 0.333 e. The minimum Gasteiger partial charge on any atom is -0.478 e. The summed E-state index contributed by atoms with van der Waals surface area (Å²) in [6.07, 6.45) is 12.0. The number of ether oxygens (including phenoxy) is 3. The summed E-state index contributed by atoms with van der Waals surface area (Å²) in [5.41, 5.74) is 2.28. The van der Waals surface area contributed by atoms with Crippen molar-refractivity contribution in [3.8, 4) is 0 Å². The van der Waals surface area contributed by atoms with E-state index in [1.54, 1.807) is 6.92 Å². The van der Waals surface area contributed by atoms with E-state index in [9.17, 15) is 19.2 Å². The predicted octanol–water partition coefficient (Wildman–Crippen LogP) is 6.64. The maximum atomic E-state index is 11.3. The third kappa shape index (κ3) is 22.4. The first-order valence-corrected chi connectivity index (χ1v) is 14.7. The van der Waals surface area contributed by atoms with E-state index in [1.165, 1.54) is 26.0 Å². The van der Waals surface area contributed by atoms with E-state index in [2.05, 4.69) is 31.4 Å². The van der Waals surface area contributed by atoms with Crippen LogP contribution in [-0.2, 0) is 33.4 Å². The van der Waals surface area contributed by atoms with Gasteiger partial charge in [0.2, 0.25) is 0 Å². The van der Waals surface area contributed by atoms with Crippen LogP contribution in [0.25, 0.3) is 6.08 Å². The van der Waals surface area contributed by atoms with Gasteiger partial charge < -0.3 is 24.4 Å². The number of unbranched alkanes of at least 4 members (excludes halogenated alkanes) is 3. The Labute approximate surface area is 262 Å². The molecule has 244 valence electrons. The monoisotopic (exact) mass is 614 g/mol. The number of esters is 3. The number of hydrogen-bond acceptors (Lipinski definition) is 8. The Hall–Kier alpha value is -4.24. The van der Waals surface area contributed by atoms with E-state index in [0.29, 0.717) is 30.6 Å². The van der Waals surface area contributed by atoms with E-state index in [0.717, 1.165) is 24.5 Å². The van der Waals surface area contributed by atoms with Crippen LogP contribution >= 0.6 is 0 Å². The van der Waals surface area contributed by atoms with Crippen molar-refractivity contribution in [2.24, 2.45) is 5.92 Å². The molecule has 0 aromatic heterocycles. The van der Waals surface area contributed by atoms with Crippen molar-refractivity contribution in [2.75, 3.05) is 26.9 Å². The molecule has 44 heavy (non-hydrogen) atoms. The summed E-state index contributed by atoms with van der Waals surface area (Å²) in [6.45, 7) is 17.1. The van der Waals surface area contributed by atoms with Gasteiger partial charge in [0.1, 0.15) is 0 Å². The molecular formula is C35H50O9. The number of carbonyl (C=O) groups excluding carboxylic acids is 3. The molecular weight excluding hydrogens is 564 g/mol. The minimum atomic E-state index is -1.11. The molecule has 9 heteroatoms. The molecule has 0 aliphatic carbocycles. The van der Waals surface area contributed by atoms with Crippen LogP contribution < -0.4 is 0 Å². The van der Waals surface area contributed by atoms with Crippen molar-refractivity contribution in [1.82, 2.24) is 0 Å². The summed E-state index contributed by atoms with van der Waals surface area (Å²) in [6, 6.07) is 9.89. The molecule has 0 radical (unpaired) electrons. The Balaban J connectivity index is 0. The van der Waals surface area contributed by atoms with Crippen molar-refractivity contribution in [2.45, 2.75) is 65.7 Å². The highest BCUT2D eigenvalue weighted by atomic mass is 16.5. The molecule has 1 aromatic carbocycles. The number of aliphatic hydroxyl groups is 1. The van der Waals surface area contributed by atoms with Gasteiger partial charge in [-0.05, 0) is 38.2 Å². The Morgan fingerprint density at radius 1 is 0.886 bits per heavy atom. The molecule has 0 amide bonds. The average molecular weight is 615 g/mol. The molecule has 1 rings (SSSR count). The molecule has 0 saturated carbocycles. The van der Waals surface area contributed by atoms with E-state index in [4.69, 9.17) is 19.7 Å². The largest absolute Gasteiger partial charge is 0.478 e. The molecule has 0 fully saturated rings. The molecule has 0 spiro atoms. The molecule has 0 heterocycles. The van der Waals surface area contributed by atoms with Crippen molar-refractivity contribution in [1.29, 1.82) is 0 Å². The Kier molecular flexibility index (Phi) is 26.3. The zero-order chi connectivity index (χ0) is 33.8. The first-order chi connectivity index (χ1) is 21.0. The molecule has 1 unspecified atom stereocenters. The van der Waals surface area contributed by atoms with E-state index < -0.39 is 17.9 Å². The first-order valence-electron chi connectivity index (χ1n) is 14.7. The van der Waals surface area contributed by atoms with Crippen LogP contribution in [-0.4, -0.2) is 61.0 Å². The summed E-state index contributed by atoms with van der Waals surface area (Å²) < 4.78 is 14.3. The number of hydrogen-bond donors (Lipinski definition) is 2. The molecule has 2 N–H and O–H groups in total. The van der Waals surface area contributed by atoms with Gasteiger partial charge >= 0.3 is 23.9 Å². The second kappa shape index (κ2) is 27.6. The second-order valence-electron chi connectivity index (χ2n) is 9.33. The van der Waals surface area contributed by atoms with Crippen LogP contribution in [0.4, 0.5) is 0 Å². The molecule has 1 atom stereocenters. The predicted molar refractivity (Wildman–Crippen MR) is 174 cm³/mol. The van der Waals surface area contributed by atoms with Crippen molar-refractivity contribution in [3.63, 3.8) is 0 Å². The SMILES string of the molecule is C=C(C(=O)OCC)C(C=CC(=O)O)CCO.C=C(CC)C(=O)OCCCCCC.C=C(CC=Cc1ccccc1)C(=O)OC. The molecule has 1 aromatic rings. The fourth-order valence-electron chi connectivity index (χ4n) is 3.17. The Morgan fingerprint density at radius 3 is 2.07 bits per heavy atom. The summed E-state index contributed by atoms with van der Waals surface area (Å²) in [5.74, 6) is -2.79. The number of benzene rings is 1. The molecule has 0 saturated heterocycles. The lowest BCUT2D eigenvalue weighted by molar-refractivity contribution is -0.140. The third-order valence-electron chi connectivity index (χ3n) is 5.79. The van der Waals surface area contributed by atoms with Crippen molar-refractivity contribution in [3.05, 3.63) is 90.6 Å². The number of aliphatic hydroxyl groups excluding tert-OH is 1. The molecule has 0 aliphatic heterocycles. The van der Waals surface area contributed by atoms with Crippen LogP contribution in [0.3, 0.4) is 0 Å². The van der Waals surface area contributed by atoms with Crippen molar-refractivity contribution < 1.29 is 43.6 Å². The topological polar surface area (TPSA) is 136 Å². The quantitative estimate of drug-likeness (QED) is 0.0807. The van der Waals surface area contributed by atoms with Gasteiger partial charge in [-0.25, -0.2) is 19.2 Å². The van der Waals surface area contributed by atoms with Gasteiger partial charge in [0.25, 0.3) is 0 Å². The standard InChI is InChI=1S/C13H14O2.C11H16O5.C11H20O2/c1-11(13(14)15-2)7-6-10-12-8-4-3-5-9-12;1-3-16-11(15)8(2)9(6-7-12)4-5-10(13)14;1-4-6-7-8-9-13-11(12)10(3)5-2/h3-6,8-10H,1,7H2,2H3;4-5,9,12H,2-3,6-7H2,1H3,(H,13,14);3-9H2,1-2H3. The number of aliphatic carboxylic acids is 1. The third-order valence-corrected chi connectivity index (χ3v) is 5.79. The highest BCUT2D eigenvalue weighted by Gasteiger charge is 2.17. The zero-order valence-electron chi connectivity index (χ0n) is 26.7. The molecule has 0 aliphatic rings. The lowest BCUT2D eigenvalue weighted by Gasteiger charge is -2.13. The average Bonchev–Trinajstić information content (AvgIpc) is 3.02. The van der Waals surface area contributed by atoms with Gasteiger partial charge in [-0.3, -0.25) is 0 Å². The first kappa shape index (κ1) is 41.9. The minimum absolute atomic E-state index is 0.147. The van der Waals surface area contributed by atoms with Crippen LogP contribution in [0.1, 0.15) is 71.3 Å². The number of carboxylic acids is 1. The lowest BCUT2D eigenvalue weighted by atomic mass is 9.96. The van der Waals surface area contributed by atoms with Crippen LogP contribution in [0.5, 0.6) is 0 Å². The van der Waals surface area contributed by atoms with Gasteiger partial charge in [-0.15, -0.1) is 0 Å². The van der Waals surface area contributed by atoms with Gasteiger partial charge in [0, 0.05) is 35.3 Å².